The minimum absolute atomic E-state index is 0.0581. The first-order valence-electron chi connectivity index (χ1n) is 7.21. The number of hydrogen-bond donors (Lipinski definition) is 2. The second-order valence-electron chi connectivity index (χ2n) is 4.92. The second kappa shape index (κ2) is 7.87. The van der Waals surface area contributed by atoms with Crippen LogP contribution in [0.25, 0.3) is 0 Å². The van der Waals surface area contributed by atoms with Crippen LogP contribution in [-0.4, -0.2) is 37.5 Å². The Morgan fingerprint density at radius 3 is 2.83 bits per heavy atom. The van der Waals surface area contributed by atoms with Crippen molar-refractivity contribution in [2.24, 2.45) is 16.0 Å². The van der Waals surface area contributed by atoms with Gasteiger partial charge in [-0.1, -0.05) is 25.3 Å². The molecule has 7 heteroatoms. The maximum Gasteiger partial charge on any atom is 0.339 e. The molecule has 2 rings (SSSR count). The number of hydrazone groups is 1. The van der Waals surface area contributed by atoms with Crippen LogP contribution in [0.1, 0.15) is 0 Å². The summed E-state index contributed by atoms with van der Waals surface area (Å²) in [4.78, 5) is 28.4. The van der Waals surface area contributed by atoms with Crippen molar-refractivity contribution in [1.29, 1.82) is 0 Å². The molecule has 0 bridgehead atoms. The lowest BCUT2D eigenvalue weighted by molar-refractivity contribution is -0.135. The number of amides is 1. The molecule has 0 spiro atoms. The van der Waals surface area contributed by atoms with Gasteiger partial charge < -0.3 is 15.5 Å². The Kier molecular flexibility index (Phi) is 5.62. The number of nitrogens with zero attached hydrogens (tertiary/aromatic N) is 2. The highest BCUT2D eigenvalue weighted by atomic mass is 16.5. The van der Waals surface area contributed by atoms with Crippen molar-refractivity contribution >= 4 is 24.3 Å². The summed E-state index contributed by atoms with van der Waals surface area (Å²) in [6.07, 6.45) is 10.9. The largest absolute Gasteiger partial charge is 0.465 e. The molecule has 124 valence electrons. The van der Waals surface area contributed by atoms with Gasteiger partial charge in [0.15, 0.2) is 0 Å². The quantitative estimate of drug-likeness (QED) is 0.330. The molecule has 7 nitrogen and oxygen atoms in total. The molecule has 2 atom stereocenters. The molecule has 0 aromatic heterocycles. The van der Waals surface area contributed by atoms with E-state index in [9.17, 15) is 9.59 Å². The first kappa shape index (κ1) is 17.1. The Hall–Kier alpha value is -3.22. The average Bonchev–Trinajstić information content (AvgIpc) is 3.04. The van der Waals surface area contributed by atoms with Gasteiger partial charge in [-0.2, -0.15) is 5.10 Å². The number of ether oxygens (including phenoxy) is 1. The Morgan fingerprint density at radius 2 is 2.17 bits per heavy atom. The number of esters is 1. The van der Waals surface area contributed by atoms with Crippen molar-refractivity contribution in [2.75, 3.05) is 7.11 Å². The highest BCUT2D eigenvalue weighted by molar-refractivity contribution is 6.00. The molecule has 0 radical (unpaired) electrons. The Labute approximate surface area is 139 Å². The number of carbonyl (C=O) groups is 2. The van der Waals surface area contributed by atoms with Crippen molar-refractivity contribution in [1.82, 2.24) is 10.7 Å². The van der Waals surface area contributed by atoms with Crippen molar-refractivity contribution in [3.63, 3.8) is 0 Å². The summed E-state index contributed by atoms with van der Waals surface area (Å²) in [5.74, 6) is -1.08. The van der Waals surface area contributed by atoms with Crippen LogP contribution in [0, 0.1) is 5.92 Å². The molecule has 1 amide bonds. The van der Waals surface area contributed by atoms with Crippen molar-refractivity contribution in [3.8, 4) is 0 Å². The minimum atomic E-state index is -0.544. The van der Waals surface area contributed by atoms with E-state index in [4.69, 9.17) is 4.74 Å². The Bertz CT molecular complexity index is 713. The van der Waals surface area contributed by atoms with Gasteiger partial charge >= 0.3 is 5.97 Å². The van der Waals surface area contributed by atoms with Gasteiger partial charge in [-0.05, 0) is 18.2 Å². The van der Waals surface area contributed by atoms with Crippen molar-refractivity contribution in [3.05, 3.63) is 60.5 Å². The summed E-state index contributed by atoms with van der Waals surface area (Å²) in [6.45, 7) is 7.07. The molecular weight excluding hydrogens is 308 g/mol. The van der Waals surface area contributed by atoms with E-state index in [-0.39, 0.29) is 23.2 Å². The fraction of sp³-hybridized carbons (Fsp3) is 0.176. The van der Waals surface area contributed by atoms with Crippen molar-refractivity contribution < 1.29 is 14.3 Å². The van der Waals surface area contributed by atoms with Gasteiger partial charge in [-0.15, -0.1) is 0 Å². The van der Waals surface area contributed by atoms with Crippen LogP contribution in [0.2, 0.25) is 0 Å². The maximum atomic E-state index is 12.4. The summed E-state index contributed by atoms with van der Waals surface area (Å²) in [5, 5.41) is 6.67. The van der Waals surface area contributed by atoms with Gasteiger partial charge in [0.05, 0.1) is 24.4 Å². The molecular formula is C17H18N4O3. The fourth-order valence-electron chi connectivity index (χ4n) is 2.25. The molecule has 24 heavy (non-hydrogen) atoms. The molecule has 1 aliphatic heterocycles. The first-order chi connectivity index (χ1) is 11.6. The minimum Gasteiger partial charge on any atom is -0.465 e. The van der Waals surface area contributed by atoms with Crippen LogP contribution in [0.3, 0.4) is 0 Å². The molecule has 0 saturated heterocycles. The predicted molar refractivity (Wildman–Crippen MR) is 92.2 cm³/mol. The van der Waals surface area contributed by atoms with Crippen LogP contribution in [-0.2, 0) is 14.3 Å². The lowest BCUT2D eigenvalue weighted by atomic mass is 9.91. The van der Waals surface area contributed by atoms with Crippen LogP contribution in [0.5, 0.6) is 0 Å². The van der Waals surface area contributed by atoms with E-state index in [1.165, 1.54) is 31.6 Å². The third-order valence-corrected chi connectivity index (χ3v) is 3.36. The molecule has 2 N–H and O–H groups in total. The number of fused-ring (bicyclic) bond motifs is 1. The summed E-state index contributed by atoms with van der Waals surface area (Å²) >= 11 is 0. The zero-order chi connectivity index (χ0) is 17.5. The van der Waals surface area contributed by atoms with E-state index in [1.54, 1.807) is 18.4 Å². The van der Waals surface area contributed by atoms with Crippen LogP contribution in [0.15, 0.2) is 70.6 Å². The van der Waals surface area contributed by atoms with E-state index in [0.29, 0.717) is 5.70 Å². The molecule has 2 unspecified atom stereocenters. The van der Waals surface area contributed by atoms with E-state index in [0.717, 1.165) is 0 Å². The lowest BCUT2D eigenvalue weighted by Gasteiger charge is -2.22. The number of nitrogens with one attached hydrogen (secondary N) is 2. The fourth-order valence-corrected chi connectivity index (χ4v) is 2.25. The summed E-state index contributed by atoms with van der Waals surface area (Å²) in [5.41, 5.74) is 3.63. The molecule has 1 aliphatic carbocycles. The van der Waals surface area contributed by atoms with Gasteiger partial charge in [-0.3, -0.25) is 9.79 Å². The van der Waals surface area contributed by atoms with E-state index >= 15 is 0 Å². The van der Waals surface area contributed by atoms with E-state index in [1.807, 2.05) is 0 Å². The topological polar surface area (TPSA) is 92.1 Å². The summed E-state index contributed by atoms with van der Waals surface area (Å²) in [7, 11) is 1.28. The molecule has 0 fully saturated rings. The van der Waals surface area contributed by atoms with Gasteiger partial charge in [0.1, 0.15) is 5.70 Å². The van der Waals surface area contributed by atoms with Crippen LogP contribution < -0.4 is 10.7 Å². The van der Waals surface area contributed by atoms with Gasteiger partial charge in [0.2, 0.25) is 0 Å². The summed E-state index contributed by atoms with van der Waals surface area (Å²) in [6, 6.07) is -0.137. The zero-order valence-corrected chi connectivity index (χ0v) is 13.2. The van der Waals surface area contributed by atoms with Crippen LogP contribution in [0.4, 0.5) is 0 Å². The van der Waals surface area contributed by atoms with Gasteiger partial charge in [0.25, 0.3) is 5.91 Å². The number of carbonyl (C=O) groups excluding carboxylic acids is 2. The number of aliphatic imine (C=N–C) groups is 1. The molecule has 1 heterocycles. The third kappa shape index (κ3) is 3.75. The van der Waals surface area contributed by atoms with E-state index < -0.39 is 11.9 Å². The van der Waals surface area contributed by atoms with Gasteiger partial charge in [0, 0.05) is 18.3 Å². The normalized spacial score (nSPS) is 22.1. The Balaban J connectivity index is 2.27. The Morgan fingerprint density at radius 1 is 1.38 bits per heavy atom. The highest BCUT2D eigenvalue weighted by Gasteiger charge is 2.31. The standard InChI is InChI=1S/C17H18N4O3/c1-4-6-13(18-7-5-2)16(22)20-15-8-11-10-19-21-14(11)9-12(15)17(23)24-3/h4-11,14,21H,1-2H2,3H3,(H,20,22)/b13-6-,18-7?. The van der Waals surface area contributed by atoms with Crippen molar-refractivity contribution in [2.45, 2.75) is 6.04 Å². The predicted octanol–water partition coefficient (Wildman–Crippen LogP) is 1.000. The molecule has 0 aromatic carbocycles. The molecule has 0 saturated carbocycles. The molecule has 0 aromatic rings. The zero-order valence-electron chi connectivity index (χ0n) is 13.2. The number of hydrogen-bond acceptors (Lipinski definition) is 6. The summed E-state index contributed by atoms with van der Waals surface area (Å²) < 4.78 is 4.78. The number of allylic oxidation sites excluding steroid dienone is 3. The highest BCUT2D eigenvalue weighted by Crippen LogP contribution is 2.24. The lowest BCUT2D eigenvalue weighted by Crippen LogP contribution is -2.35. The second-order valence-corrected chi connectivity index (χ2v) is 4.92. The first-order valence-corrected chi connectivity index (χ1v) is 7.21. The average molecular weight is 326 g/mol. The van der Waals surface area contributed by atoms with Gasteiger partial charge in [-0.25, -0.2) is 4.79 Å². The van der Waals surface area contributed by atoms with Crippen LogP contribution >= 0.6 is 0 Å². The number of rotatable bonds is 6. The number of methoxy groups -OCH3 is 1. The SMILES string of the molecule is C=CC=N/C(=C\C=C)C(=O)NC1=CC2C=NNC2C=C1C(=O)OC. The maximum absolute atomic E-state index is 12.4. The molecule has 2 aliphatic rings. The third-order valence-electron chi connectivity index (χ3n) is 3.36. The smallest absolute Gasteiger partial charge is 0.339 e. The monoisotopic (exact) mass is 326 g/mol. The van der Waals surface area contributed by atoms with E-state index in [2.05, 4.69) is 34.0 Å².